The number of hydrogen-bond donors (Lipinski definition) is 1. The fourth-order valence-electron chi connectivity index (χ4n) is 2.93. The Hall–Kier alpha value is -1.43. The Morgan fingerprint density at radius 1 is 1.00 bits per heavy atom. The van der Waals surface area contributed by atoms with Crippen molar-refractivity contribution >= 4 is 28.6 Å². The van der Waals surface area contributed by atoms with Crippen molar-refractivity contribution in [3.05, 3.63) is 53.6 Å². The van der Waals surface area contributed by atoms with Crippen molar-refractivity contribution in [2.24, 2.45) is 0 Å². The van der Waals surface area contributed by atoms with Crippen molar-refractivity contribution in [1.29, 1.82) is 0 Å². The molecule has 0 saturated heterocycles. The number of benzene rings is 2. The minimum atomic E-state index is -4.23. The molecular weight excluding hydrogens is 300 g/mol. The second-order valence-corrected chi connectivity index (χ2v) is 11.6. The van der Waals surface area contributed by atoms with Gasteiger partial charge in [0.15, 0.2) is 0 Å². The molecule has 0 heterocycles. The highest BCUT2D eigenvalue weighted by Crippen LogP contribution is 2.18. The van der Waals surface area contributed by atoms with Gasteiger partial charge in [0.2, 0.25) is 0 Å². The molecule has 112 valence electrons. The molecule has 1 N–H and O–H groups in total. The van der Waals surface area contributed by atoms with Crippen molar-refractivity contribution in [1.82, 2.24) is 0 Å². The van der Waals surface area contributed by atoms with Crippen LogP contribution in [0, 0.1) is 13.8 Å². The molecule has 0 spiro atoms. The lowest BCUT2D eigenvalue weighted by Gasteiger charge is -2.28. The zero-order chi connectivity index (χ0) is 15.8. The molecule has 0 fully saturated rings. The van der Waals surface area contributed by atoms with Crippen LogP contribution in [-0.4, -0.2) is 21.0 Å². The normalized spacial score (nSPS) is 12.4. The fraction of sp³-hybridized carbons (Fsp3) is 0.250. The summed E-state index contributed by atoms with van der Waals surface area (Å²) in [7, 11) is -6.45. The van der Waals surface area contributed by atoms with Gasteiger partial charge in [0.25, 0.3) is 10.1 Å². The molecular formula is C16H20O3SSi. The lowest BCUT2D eigenvalue weighted by atomic mass is 10.2. The molecule has 0 aliphatic carbocycles. The van der Waals surface area contributed by atoms with Gasteiger partial charge in [-0.3, -0.25) is 4.55 Å². The van der Waals surface area contributed by atoms with E-state index in [4.69, 9.17) is 0 Å². The second kappa shape index (κ2) is 5.40. The van der Waals surface area contributed by atoms with Gasteiger partial charge in [-0.05, 0) is 36.2 Å². The molecule has 0 amide bonds. The van der Waals surface area contributed by atoms with Crippen LogP contribution in [0.25, 0.3) is 0 Å². The van der Waals surface area contributed by atoms with Gasteiger partial charge in [-0.25, -0.2) is 0 Å². The summed E-state index contributed by atoms with van der Waals surface area (Å²) in [6, 6.07) is 13.5. The Morgan fingerprint density at radius 2 is 1.57 bits per heavy atom. The SMILES string of the molecule is Cc1cc(C)c([Si](C)(C)c2ccccc2)c(S(=O)(=O)O)c1. The number of hydrogen-bond acceptors (Lipinski definition) is 2. The van der Waals surface area contributed by atoms with Gasteiger partial charge in [-0.2, -0.15) is 8.42 Å². The molecule has 0 aliphatic rings. The van der Waals surface area contributed by atoms with Gasteiger partial charge >= 0.3 is 0 Å². The third-order valence-corrected chi connectivity index (χ3v) is 8.59. The van der Waals surface area contributed by atoms with Gasteiger partial charge < -0.3 is 0 Å². The lowest BCUT2D eigenvalue weighted by molar-refractivity contribution is 0.483. The molecule has 2 aromatic rings. The summed E-state index contributed by atoms with van der Waals surface area (Å²) in [5, 5.41) is 1.92. The first-order valence-electron chi connectivity index (χ1n) is 6.79. The largest absolute Gasteiger partial charge is 0.294 e. The van der Waals surface area contributed by atoms with Gasteiger partial charge in [0.05, 0.1) is 4.90 Å². The van der Waals surface area contributed by atoms with E-state index in [0.717, 1.165) is 21.5 Å². The summed E-state index contributed by atoms with van der Waals surface area (Å²) in [4.78, 5) is 0.0560. The quantitative estimate of drug-likeness (QED) is 0.698. The van der Waals surface area contributed by atoms with Gasteiger partial charge in [0, 0.05) is 0 Å². The molecule has 0 unspecified atom stereocenters. The average molecular weight is 320 g/mol. The van der Waals surface area contributed by atoms with Crippen LogP contribution in [0.4, 0.5) is 0 Å². The van der Waals surface area contributed by atoms with Gasteiger partial charge in [-0.15, -0.1) is 0 Å². The van der Waals surface area contributed by atoms with Crippen LogP contribution < -0.4 is 10.4 Å². The first kappa shape index (κ1) is 15.9. The first-order valence-corrected chi connectivity index (χ1v) is 11.2. The van der Waals surface area contributed by atoms with E-state index >= 15 is 0 Å². The Morgan fingerprint density at radius 3 is 2.10 bits per heavy atom. The van der Waals surface area contributed by atoms with Crippen molar-refractivity contribution in [2.45, 2.75) is 31.8 Å². The van der Waals surface area contributed by atoms with Crippen molar-refractivity contribution in [3.8, 4) is 0 Å². The summed E-state index contributed by atoms with van der Waals surface area (Å²) in [6.07, 6.45) is 0. The summed E-state index contributed by atoms with van der Waals surface area (Å²) in [5.41, 5.74) is 1.75. The predicted octanol–water partition coefficient (Wildman–Crippen LogP) is 2.37. The van der Waals surface area contributed by atoms with E-state index in [1.807, 2.05) is 50.2 Å². The second-order valence-electron chi connectivity index (χ2n) is 5.92. The van der Waals surface area contributed by atoms with Crippen LogP contribution in [0.2, 0.25) is 13.1 Å². The molecule has 0 atom stereocenters. The van der Waals surface area contributed by atoms with E-state index in [1.165, 1.54) is 0 Å². The monoisotopic (exact) mass is 320 g/mol. The van der Waals surface area contributed by atoms with Crippen LogP contribution in [-0.2, 0) is 10.1 Å². The minimum absolute atomic E-state index is 0.0560. The van der Waals surface area contributed by atoms with Crippen molar-refractivity contribution < 1.29 is 13.0 Å². The third kappa shape index (κ3) is 3.10. The highest BCUT2D eigenvalue weighted by atomic mass is 32.2. The van der Waals surface area contributed by atoms with Crippen molar-refractivity contribution in [2.75, 3.05) is 0 Å². The van der Waals surface area contributed by atoms with Crippen LogP contribution in [0.5, 0.6) is 0 Å². The topological polar surface area (TPSA) is 54.4 Å². The molecule has 0 saturated carbocycles. The maximum absolute atomic E-state index is 11.8. The minimum Gasteiger partial charge on any atom is -0.282 e. The molecule has 3 nitrogen and oxygen atoms in total. The summed E-state index contributed by atoms with van der Waals surface area (Å²) in [5.74, 6) is 0. The molecule has 0 aliphatic heterocycles. The first-order chi connectivity index (χ1) is 9.64. The van der Waals surface area contributed by atoms with E-state index in [-0.39, 0.29) is 4.90 Å². The molecule has 21 heavy (non-hydrogen) atoms. The summed E-state index contributed by atoms with van der Waals surface area (Å²) >= 11 is 0. The third-order valence-electron chi connectivity index (χ3n) is 3.84. The van der Waals surface area contributed by atoms with E-state index in [0.29, 0.717) is 0 Å². The van der Waals surface area contributed by atoms with E-state index < -0.39 is 18.2 Å². The standard InChI is InChI=1S/C16H20O3SSi/c1-12-10-13(2)16(15(11-12)20(17,18)19)21(3,4)14-8-6-5-7-9-14/h5-11H,1-4H3,(H,17,18,19). The zero-order valence-electron chi connectivity index (χ0n) is 12.7. The number of aryl methyl sites for hydroxylation is 2. The zero-order valence-corrected chi connectivity index (χ0v) is 14.5. The fourth-order valence-corrected chi connectivity index (χ4v) is 7.90. The van der Waals surface area contributed by atoms with Gasteiger partial charge in [0.1, 0.15) is 8.07 Å². The van der Waals surface area contributed by atoms with E-state index in [2.05, 4.69) is 13.1 Å². The maximum atomic E-state index is 11.8. The summed E-state index contributed by atoms with van der Waals surface area (Å²) < 4.78 is 33.3. The molecule has 5 heteroatoms. The smallest absolute Gasteiger partial charge is 0.282 e. The van der Waals surface area contributed by atoms with Gasteiger partial charge in [-0.1, -0.05) is 54.7 Å². The average Bonchev–Trinajstić information content (AvgIpc) is 2.37. The molecule has 0 radical (unpaired) electrons. The lowest BCUT2D eigenvalue weighted by Crippen LogP contribution is -2.55. The van der Waals surface area contributed by atoms with Crippen LogP contribution >= 0.6 is 0 Å². The Kier molecular flexibility index (Phi) is 4.10. The Balaban J connectivity index is 2.80. The van der Waals surface area contributed by atoms with E-state index in [9.17, 15) is 13.0 Å². The molecule has 0 bridgehead atoms. The molecule has 2 rings (SSSR count). The van der Waals surface area contributed by atoms with Crippen LogP contribution in [0.3, 0.4) is 0 Å². The number of rotatable bonds is 3. The molecule has 0 aromatic heterocycles. The van der Waals surface area contributed by atoms with Crippen LogP contribution in [0.1, 0.15) is 11.1 Å². The highest BCUT2D eigenvalue weighted by Gasteiger charge is 2.33. The van der Waals surface area contributed by atoms with Crippen LogP contribution in [0.15, 0.2) is 47.4 Å². The summed E-state index contributed by atoms with van der Waals surface area (Å²) in [6.45, 7) is 7.96. The van der Waals surface area contributed by atoms with Crippen molar-refractivity contribution in [3.63, 3.8) is 0 Å². The Labute approximate surface area is 127 Å². The predicted molar refractivity (Wildman–Crippen MR) is 88.9 cm³/mol. The maximum Gasteiger partial charge on any atom is 0.294 e. The Bertz CT molecular complexity index is 766. The molecule has 2 aromatic carbocycles. The van der Waals surface area contributed by atoms with E-state index in [1.54, 1.807) is 6.07 Å². The highest BCUT2D eigenvalue weighted by molar-refractivity contribution is 7.86.